The Balaban J connectivity index is 1.76. The van der Waals surface area contributed by atoms with Crippen molar-refractivity contribution in [2.45, 2.75) is 20.3 Å². The highest BCUT2D eigenvalue weighted by Crippen LogP contribution is 2.30. The molecule has 0 unspecified atom stereocenters. The number of carbonyl (C=O) groups excluding carboxylic acids is 2. The molecule has 0 atom stereocenters. The Morgan fingerprint density at radius 2 is 1.89 bits per heavy atom. The van der Waals surface area contributed by atoms with E-state index in [1.54, 1.807) is 22.9 Å². The van der Waals surface area contributed by atoms with Crippen LogP contribution in [0.1, 0.15) is 29.4 Å². The van der Waals surface area contributed by atoms with Gasteiger partial charge in [-0.05, 0) is 30.9 Å². The third kappa shape index (κ3) is 3.28. The SMILES string of the molecule is CC(=O)N1CCCN(C(=O)c2cc(-c3cccs3)nc3c2c(C)nn3C)CC1. The number of nitrogens with zero attached hydrogens (tertiary/aromatic N) is 5. The number of rotatable bonds is 2. The molecule has 146 valence electrons. The van der Waals surface area contributed by atoms with E-state index >= 15 is 0 Å². The van der Waals surface area contributed by atoms with Gasteiger partial charge in [0.25, 0.3) is 5.91 Å². The van der Waals surface area contributed by atoms with E-state index in [-0.39, 0.29) is 11.8 Å². The van der Waals surface area contributed by atoms with Gasteiger partial charge in [0.15, 0.2) is 5.65 Å². The lowest BCUT2D eigenvalue weighted by molar-refractivity contribution is -0.128. The summed E-state index contributed by atoms with van der Waals surface area (Å²) in [5, 5.41) is 7.30. The lowest BCUT2D eigenvalue weighted by Crippen LogP contribution is -2.36. The summed E-state index contributed by atoms with van der Waals surface area (Å²) in [5.41, 5.74) is 2.93. The number of aryl methyl sites for hydroxylation is 2. The predicted molar refractivity (Wildman–Crippen MR) is 109 cm³/mol. The molecule has 1 aliphatic heterocycles. The number of pyridine rings is 1. The fourth-order valence-electron chi connectivity index (χ4n) is 3.77. The summed E-state index contributed by atoms with van der Waals surface area (Å²) in [6.45, 7) is 5.92. The van der Waals surface area contributed by atoms with E-state index in [1.165, 1.54) is 0 Å². The van der Waals surface area contributed by atoms with Gasteiger partial charge in [-0.1, -0.05) is 6.07 Å². The van der Waals surface area contributed by atoms with Crippen molar-refractivity contribution >= 4 is 34.2 Å². The van der Waals surface area contributed by atoms with Gasteiger partial charge in [-0.25, -0.2) is 4.98 Å². The largest absolute Gasteiger partial charge is 0.341 e. The van der Waals surface area contributed by atoms with Crippen LogP contribution in [0.4, 0.5) is 0 Å². The molecule has 0 spiro atoms. The van der Waals surface area contributed by atoms with Crippen LogP contribution in [0.3, 0.4) is 0 Å². The zero-order valence-corrected chi connectivity index (χ0v) is 17.1. The number of hydrogen-bond donors (Lipinski definition) is 0. The van der Waals surface area contributed by atoms with Crippen molar-refractivity contribution in [1.82, 2.24) is 24.6 Å². The molecule has 0 aliphatic carbocycles. The Kier molecular flexibility index (Phi) is 4.89. The molecule has 0 radical (unpaired) electrons. The van der Waals surface area contributed by atoms with Gasteiger partial charge in [0.1, 0.15) is 0 Å². The third-order valence-electron chi connectivity index (χ3n) is 5.20. The van der Waals surface area contributed by atoms with Gasteiger partial charge in [0.05, 0.1) is 27.2 Å². The minimum Gasteiger partial charge on any atom is -0.341 e. The smallest absolute Gasteiger partial charge is 0.254 e. The van der Waals surface area contributed by atoms with Crippen LogP contribution in [-0.2, 0) is 11.8 Å². The monoisotopic (exact) mass is 397 g/mol. The van der Waals surface area contributed by atoms with Gasteiger partial charge < -0.3 is 9.80 Å². The van der Waals surface area contributed by atoms with E-state index < -0.39 is 0 Å². The molecule has 7 nitrogen and oxygen atoms in total. The van der Waals surface area contributed by atoms with Crippen molar-refractivity contribution in [2.75, 3.05) is 26.2 Å². The maximum atomic E-state index is 13.5. The van der Waals surface area contributed by atoms with Gasteiger partial charge in [-0.3, -0.25) is 14.3 Å². The van der Waals surface area contributed by atoms with Crippen molar-refractivity contribution in [2.24, 2.45) is 7.05 Å². The standard InChI is InChI=1S/C20H23N5O2S/c1-13-18-15(20(27)25-8-5-7-24(9-10-25)14(2)26)12-16(17-6-4-11-28-17)21-19(18)23(3)22-13/h4,6,11-12H,5,7-10H2,1-3H3. The fourth-order valence-corrected chi connectivity index (χ4v) is 4.46. The van der Waals surface area contributed by atoms with Gasteiger partial charge in [-0.2, -0.15) is 5.10 Å². The predicted octanol–water partition coefficient (Wildman–Crippen LogP) is 2.70. The molecule has 8 heteroatoms. The first-order valence-electron chi connectivity index (χ1n) is 9.38. The lowest BCUT2D eigenvalue weighted by atomic mass is 10.1. The molecule has 0 aromatic carbocycles. The van der Waals surface area contributed by atoms with E-state index in [4.69, 9.17) is 4.98 Å². The van der Waals surface area contributed by atoms with Gasteiger partial charge in [0, 0.05) is 40.2 Å². The van der Waals surface area contributed by atoms with E-state index in [2.05, 4.69) is 5.10 Å². The highest BCUT2D eigenvalue weighted by Gasteiger charge is 2.25. The second-order valence-electron chi connectivity index (χ2n) is 7.09. The molecule has 28 heavy (non-hydrogen) atoms. The lowest BCUT2D eigenvalue weighted by Gasteiger charge is -2.22. The third-order valence-corrected chi connectivity index (χ3v) is 6.09. The Morgan fingerprint density at radius 1 is 1.14 bits per heavy atom. The maximum Gasteiger partial charge on any atom is 0.254 e. The molecule has 2 amide bonds. The van der Waals surface area contributed by atoms with E-state index in [1.807, 2.05) is 47.4 Å². The molecule has 1 saturated heterocycles. The molecule has 1 fully saturated rings. The van der Waals surface area contributed by atoms with Crippen LogP contribution in [0.2, 0.25) is 0 Å². The second kappa shape index (κ2) is 7.35. The average molecular weight is 398 g/mol. The summed E-state index contributed by atoms with van der Waals surface area (Å²) in [6.07, 6.45) is 0.781. The Labute approximate surface area is 167 Å². The van der Waals surface area contributed by atoms with Crippen molar-refractivity contribution in [3.8, 4) is 10.6 Å². The molecule has 3 aromatic rings. The van der Waals surface area contributed by atoms with Crippen LogP contribution in [0, 0.1) is 6.92 Å². The molecule has 0 N–H and O–H groups in total. The molecular formula is C20H23N5O2S. The molecular weight excluding hydrogens is 374 g/mol. The van der Waals surface area contributed by atoms with Crippen molar-refractivity contribution in [3.63, 3.8) is 0 Å². The first-order valence-corrected chi connectivity index (χ1v) is 10.3. The fraction of sp³-hybridized carbons (Fsp3) is 0.400. The summed E-state index contributed by atoms with van der Waals surface area (Å²) in [6, 6.07) is 5.87. The topological polar surface area (TPSA) is 71.3 Å². The van der Waals surface area contributed by atoms with Crippen LogP contribution in [0.15, 0.2) is 23.6 Å². The maximum absolute atomic E-state index is 13.5. The van der Waals surface area contributed by atoms with Crippen molar-refractivity contribution in [1.29, 1.82) is 0 Å². The summed E-state index contributed by atoms with van der Waals surface area (Å²) in [7, 11) is 1.85. The molecule has 4 heterocycles. The van der Waals surface area contributed by atoms with Crippen LogP contribution in [0.5, 0.6) is 0 Å². The first-order chi connectivity index (χ1) is 13.5. The minimum absolute atomic E-state index is 0.0216. The van der Waals surface area contributed by atoms with Gasteiger partial charge in [-0.15, -0.1) is 11.3 Å². The Morgan fingerprint density at radius 3 is 2.61 bits per heavy atom. The van der Waals surface area contributed by atoms with E-state index in [0.29, 0.717) is 37.4 Å². The highest BCUT2D eigenvalue weighted by atomic mass is 32.1. The number of carbonyl (C=O) groups is 2. The second-order valence-corrected chi connectivity index (χ2v) is 8.04. The average Bonchev–Trinajstić information content (AvgIpc) is 3.22. The summed E-state index contributed by atoms with van der Waals surface area (Å²) >= 11 is 1.60. The first kappa shape index (κ1) is 18.6. The van der Waals surface area contributed by atoms with Gasteiger partial charge in [0.2, 0.25) is 5.91 Å². The van der Waals surface area contributed by atoms with Crippen LogP contribution < -0.4 is 0 Å². The summed E-state index contributed by atoms with van der Waals surface area (Å²) in [4.78, 5) is 34.6. The zero-order valence-electron chi connectivity index (χ0n) is 16.3. The van der Waals surface area contributed by atoms with E-state index in [0.717, 1.165) is 28.1 Å². The Hall–Kier alpha value is -2.74. The molecule has 4 rings (SSSR count). The molecule has 0 saturated carbocycles. The van der Waals surface area contributed by atoms with Crippen LogP contribution >= 0.6 is 11.3 Å². The number of thiophene rings is 1. The summed E-state index contributed by atoms with van der Waals surface area (Å²) in [5.74, 6) is 0.0374. The Bertz CT molecular complexity index is 1040. The minimum atomic E-state index is -0.0216. The van der Waals surface area contributed by atoms with Crippen LogP contribution in [0.25, 0.3) is 21.6 Å². The number of amides is 2. The molecule has 1 aliphatic rings. The molecule has 3 aromatic heterocycles. The van der Waals surface area contributed by atoms with E-state index in [9.17, 15) is 9.59 Å². The van der Waals surface area contributed by atoms with Gasteiger partial charge >= 0.3 is 0 Å². The normalized spacial score (nSPS) is 15.1. The number of aromatic nitrogens is 3. The number of hydrogen-bond acceptors (Lipinski definition) is 5. The van der Waals surface area contributed by atoms with Crippen molar-refractivity contribution in [3.05, 3.63) is 34.8 Å². The number of fused-ring (bicyclic) bond motifs is 1. The highest BCUT2D eigenvalue weighted by molar-refractivity contribution is 7.13. The summed E-state index contributed by atoms with van der Waals surface area (Å²) < 4.78 is 1.73. The molecule has 0 bridgehead atoms. The van der Waals surface area contributed by atoms with Crippen molar-refractivity contribution < 1.29 is 9.59 Å². The zero-order chi connectivity index (χ0) is 19.8. The quantitative estimate of drug-likeness (QED) is 0.667. The van der Waals surface area contributed by atoms with Crippen LogP contribution in [-0.4, -0.2) is 62.6 Å².